The predicted molar refractivity (Wildman–Crippen MR) is 165 cm³/mol. The molecule has 1 aliphatic carbocycles. The number of aliphatic hydroxyl groups is 3. The number of Topliss-reactive ketones (excluding diaryl/α,β-unsaturated/α-hetero) is 1. The molecule has 0 saturated heterocycles. The normalized spacial score (nSPS) is 18.0. The highest BCUT2D eigenvalue weighted by Crippen LogP contribution is 2.37. The fourth-order valence-corrected chi connectivity index (χ4v) is 5.74. The molecule has 0 aliphatic heterocycles. The summed E-state index contributed by atoms with van der Waals surface area (Å²) in [7, 11) is 1.44. The van der Waals surface area contributed by atoms with Crippen molar-refractivity contribution in [3.63, 3.8) is 0 Å². The topological polar surface area (TPSA) is 146 Å². The number of rotatable bonds is 15. The molecule has 3 rings (SSSR count). The van der Waals surface area contributed by atoms with Crippen LogP contribution in [0.15, 0.2) is 48.0 Å². The van der Waals surface area contributed by atoms with Crippen LogP contribution in [0.2, 0.25) is 0 Å². The van der Waals surface area contributed by atoms with E-state index < -0.39 is 30.0 Å². The maximum Gasteiger partial charge on any atom is 0.247 e. The molecule has 234 valence electrons. The van der Waals surface area contributed by atoms with Gasteiger partial charge >= 0.3 is 0 Å². The van der Waals surface area contributed by atoms with Crippen molar-refractivity contribution in [3.8, 4) is 11.5 Å². The number of carbonyl (C=O) groups is 3. The Morgan fingerprint density at radius 1 is 1.14 bits per heavy atom. The Morgan fingerprint density at radius 3 is 2.56 bits per heavy atom. The fourth-order valence-electron chi connectivity index (χ4n) is 4.94. The first kappa shape index (κ1) is 34.4. The maximum atomic E-state index is 13.9. The van der Waals surface area contributed by atoms with Crippen molar-refractivity contribution in [3.05, 3.63) is 68.6 Å². The number of methoxy groups -OCH3 is 1. The lowest BCUT2D eigenvalue weighted by molar-refractivity contribution is -0.138. The van der Waals surface area contributed by atoms with Gasteiger partial charge in [-0.15, -0.1) is 0 Å². The minimum absolute atomic E-state index is 0.00242. The molecule has 4 N–H and O–H groups in total. The van der Waals surface area contributed by atoms with E-state index in [1.54, 1.807) is 24.3 Å². The molecule has 0 bridgehead atoms. The van der Waals surface area contributed by atoms with Crippen LogP contribution in [0.5, 0.6) is 11.5 Å². The first-order valence-corrected chi connectivity index (χ1v) is 15.1. The van der Waals surface area contributed by atoms with E-state index in [9.17, 15) is 34.1 Å². The van der Waals surface area contributed by atoms with Gasteiger partial charge in [0.1, 0.15) is 23.8 Å². The van der Waals surface area contributed by atoms with Crippen LogP contribution >= 0.6 is 22.6 Å². The number of aliphatic hydroxyl groups excluding tert-OH is 3. The molecular formula is C31H38FIN2O8. The van der Waals surface area contributed by atoms with E-state index in [1.165, 1.54) is 37.1 Å². The Bertz CT molecular complexity index is 1320. The second-order valence-corrected chi connectivity index (χ2v) is 11.5. The van der Waals surface area contributed by atoms with Gasteiger partial charge in [0.05, 0.1) is 29.9 Å². The zero-order valence-corrected chi connectivity index (χ0v) is 26.4. The minimum atomic E-state index is -1.28. The molecule has 2 aromatic carbocycles. The average molecular weight is 713 g/mol. The van der Waals surface area contributed by atoms with Gasteiger partial charge in [-0.2, -0.15) is 0 Å². The highest BCUT2D eigenvalue weighted by molar-refractivity contribution is 14.1. The van der Waals surface area contributed by atoms with Crippen LogP contribution in [0.25, 0.3) is 0 Å². The summed E-state index contributed by atoms with van der Waals surface area (Å²) < 4.78 is 26.2. The number of amides is 2. The van der Waals surface area contributed by atoms with Crippen LogP contribution in [0.3, 0.4) is 0 Å². The van der Waals surface area contributed by atoms with Crippen LogP contribution < -0.4 is 14.8 Å². The number of benzene rings is 2. The summed E-state index contributed by atoms with van der Waals surface area (Å²) in [5, 5.41) is 33.1. The second-order valence-electron chi connectivity index (χ2n) is 10.3. The zero-order chi connectivity index (χ0) is 31.5. The van der Waals surface area contributed by atoms with Gasteiger partial charge in [0, 0.05) is 37.9 Å². The summed E-state index contributed by atoms with van der Waals surface area (Å²) in [6, 6.07) is 8.42. The molecule has 12 heteroatoms. The van der Waals surface area contributed by atoms with Crippen molar-refractivity contribution in [2.75, 3.05) is 26.8 Å². The van der Waals surface area contributed by atoms with Crippen LogP contribution in [-0.2, 0) is 27.4 Å². The average Bonchev–Trinajstić information content (AvgIpc) is 2.98. The molecule has 3 unspecified atom stereocenters. The van der Waals surface area contributed by atoms with Gasteiger partial charge in [-0.25, -0.2) is 4.39 Å². The fraction of sp³-hybridized carbons (Fsp3) is 0.452. The van der Waals surface area contributed by atoms with Gasteiger partial charge in [-0.05, 0) is 83.8 Å². The molecule has 1 aliphatic rings. The van der Waals surface area contributed by atoms with E-state index in [0.717, 1.165) is 0 Å². The van der Waals surface area contributed by atoms with Gasteiger partial charge in [-0.1, -0.05) is 12.1 Å². The van der Waals surface area contributed by atoms with Crippen molar-refractivity contribution in [2.45, 2.75) is 63.9 Å². The van der Waals surface area contributed by atoms with E-state index in [1.807, 2.05) is 22.6 Å². The van der Waals surface area contributed by atoms with Crippen LogP contribution in [0, 0.1) is 9.39 Å². The smallest absolute Gasteiger partial charge is 0.247 e. The molecule has 0 aromatic heterocycles. The summed E-state index contributed by atoms with van der Waals surface area (Å²) in [6.45, 7) is 1.09. The van der Waals surface area contributed by atoms with Gasteiger partial charge in [0.2, 0.25) is 11.8 Å². The number of hydrogen-bond donors (Lipinski definition) is 4. The largest absolute Gasteiger partial charge is 0.493 e. The third kappa shape index (κ3) is 9.71. The lowest BCUT2D eigenvalue weighted by Crippen LogP contribution is -2.55. The van der Waals surface area contributed by atoms with Crippen LogP contribution in [-0.4, -0.2) is 82.9 Å². The molecule has 0 saturated carbocycles. The first-order valence-electron chi connectivity index (χ1n) is 14.0. The first-order chi connectivity index (χ1) is 20.6. The molecule has 3 atom stereocenters. The summed E-state index contributed by atoms with van der Waals surface area (Å²) in [4.78, 5) is 39.7. The lowest BCUT2D eigenvalue weighted by Gasteiger charge is -2.41. The summed E-state index contributed by atoms with van der Waals surface area (Å²) in [6.07, 6.45) is -0.00381. The molecule has 0 spiro atoms. The number of halogens is 2. The number of carbonyl (C=O) groups excluding carboxylic acids is 3. The summed E-state index contributed by atoms with van der Waals surface area (Å²) in [5.41, 5.74) is 1.50. The Hall–Kier alpha value is -3.07. The lowest BCUT2D eigenvalue weighted by atomic mass is 9.87. The summed E-state index contributed by atoms with van der Waals surface area (Å²) >= 11 is 2.02. The number of nitrogens with one attached hydrogen (secondary N) is 1. The van der Waals surface area contributed by atoms with Gasteiger partial charge in [0.25, 0.3) is 0 Å². The molecule has 2 aromatic rings. The molecule has 0 radical (unpaired) electrons. The van der Waals surface area contributed by atoms with Gasteiger partial charge < -0.3 is 39.8 Å². The third-order valence-electron chi connectivity index (χ3n) is 7.11. The standard InChI is InChI=1S/C31H38FIN2O8/c1-19(38)5-3-8-28(39)35(11-9-20-6-4-7-23(32)13-20)25-16-22(31(41)34-10-12-36)17-26(29(25)40)43-30-24(33)14-21(18-37)15-27(30)42-2/h4,6-7,13-15,17,25-26,29,36-37,40H,3,5,8-12,16,18H2,1-2H3,(H,34,41). The zero-order valence-electron chi connectivity index (χ0n) is 24.2. The number of ketones is 1. The van der Waals surface area contributed by atoms with E-state index in [2.05, 4.69) is 5.32 Å². The molecule has 0 heterocycles. The van der Waals surface area contributed by atoms with E-state index in [0.29, 0.717) is 26.9 Å². The number of hydrogen-bond acceptors (Lipinski definition) is 8. The van der Waals surface area contributed by atoms with Gasteiger partial charge in [-0.3, -0.25) is 9.59 Å². The van der Waals surface area contributed by atoms with Gasteiger partial charge in [0.15, 0.2) is 11.5 Å². The quantitative estimate of drug-likeness (QED) is 0.207. The monoisotopic (exact) mass is 712 g/mol. The molecule has 0 fully saturated rings. The Balaban J connectivity index is 1.99. The molecule has 10 nitrogen and oxygen atoms in total. The Labute approximate surface area is 264 Å². The predicted octanol–water partition coefficient (Wildman–Crippen LogP) is 2.68. The highest BCUT2D eigenvalue weighted by Gasteiger charge is 2.40. The summed E-state index contributed by atoms with van der Waals surface area (Å²) in [5.74, 6) is -0.664. The molecule has 2 amide bonds. The van der Waals surface area contributed by atoms with Crippen molar-refractivity contribution < 1.29 is 43.6 Å². The maximum absolute atomic E-state index is 13.9. The van der Waals surface area contributed by atoms with Crippen molar-refractivity contribution >= 4 is 40.2 Å². The van der Waals surface area contributed by atoms with Crippen molar-refractivity contribution in [1.29, 1.82) is 0 Å². The Kier molecular flexibility index (Phi) is 13.4. The van der Waals surface area contributed by atoms with Crippen LogP contribution in [0.4, 0.5) is 4.39 Å². The van der Waals surface area contributed by atoms with E-state index >= 15 is 0 Å². The molecular weight excluding hydrogens is 674 g/mol. The van der Waals surface area contributed by atoms with Crippen molar-refractivity contribution in [1.82, 2.24) is 10.2 Å². The second kappa shape index (κ2) is 16.7. The van der Waals surface area contributed by atoms with Crippen molar-refractivity contribution in [2.24, 2.45) is 0 Å². The third-order valence-corrected chi connectivity index (χ3v) is 7.91. The van der Waals surface area contributed by atoms with E-state index in [4.69, 9.17) is 9.47 Å². The van der Waals surface area contributed by atoms with E-state index in [-0.39, 0.29) is 75.0 Å². The number of nitrogens with zero attached hydrogens (tertiary/aromatic N) is 1. The van der Waals surface area contributed by atoms with Crippen LogP contribution in [0.1, 0.15) is 43.7 Å². The molecule has 43 heavy (non-hydrogen) atoms. The Morgan fingerprint density at radius 2 is 1.91 bits per heavy atom. The highest BCUT2D eigenvalue weighted by atomic mass is 127. The minimum Gasteiger partial charge on any atom is -0.493 e. The SMILES string of the molecule is COc1cc(CO)cc(I)c1OC1C=C(C(=O)NCCO)CC(N(CCc2cccc(F)c2)C(=O)CCCC(C)=O)C1O. The number of ether oxygens (including phenoxy) is 2.